The zero-order valence-corrected chi connectivity index (χ0v) is 15.8. The number of carboxylic acids is 3. The highest BCUT2D eigenvalue weighted by Crippen LogP contribution is 2.11. The number of phenols is 1. The maximum absolute atomic E-state index is 12.4. The summed E-state index contributed by atoms with van der Waals surface area (Å²) in [4.78, 5) is 57.4. The lowest BCUT2D eigenvalue weighted by Gasteiger charge is -2.22. The zero-order chi connectivity index (χ0) is 22.8. The van der Waals surface area contributed by atoms with Crippen molar-refractivity contribution in [1.82, 2.24) is 10.6 Å². The minimum Gasteiger partial charge on any atom is -0.508 e. The molecule has 0 heterocycles. The molecule has 3 unspecified atom stereocenters. The number of hydrogen-bond donors (Lipinski definition) is 7. The van der Waals surface area contributed by atoms with Crippen LogP contribution in [0.3, 0.4) is 0 Å². The van der Waals surface area contributed by atoms with Crippen molar-refractivity contribution in [1.29, 1.82) is 0 Å². The average Bonchev–Trinajstić information content (AvgIpc) is 2.65. The third-order valence-electron chi connectivity index (χ3n) is 4.00. The molecule has 0 aromatic heterocycles. The molecule has 0 saturated heterocycles. The van der Waals surface area contributed by atoms with Crippen LogP contribution in [0.2, 0.25) is 0 Å². The van der Waals surface area contributed by atoms with Crippen LogP contribution >= 0.6 is 0 Å². The summed E-state index contributed by atoms with van der Waals surface area (Å²) >= 11 is 0. The van der Waals surface area contributed by atoms with Crippen LogP contribution in [0, 0.1) is 0 Å². The van der Waals surface area contributed by atoms with Gasteiger partial charge in [-0.2, -0.15) is 0 Å². The van der Waals surface area contributed by atoms with E-state index in [1.54, 1.807) is 12.1 Å². The zero-order valence-electron chi connectivity index (χ0n) is 15.8. The molecule has 0 bridgehead atoms. The molecule has 3 atom stereocenters. The Morgan fingerprint density at radius 1 is 0.867 bits per heavy atom. The minimum atomic E-state index is -1.76. The monoisotopic (exact) mass is 425 g/mol. The Kier molecular flexibility index (Phi) is 9.23. The molecule has 12 nitrogen and oxygen atoms in total. The molecular formula is C18H23N3O9. The van der Waals surface area contributed by atoms with Crippen LogP contribution in [0.15, 0.2) is 24.3 Å². The summed E-state index contributed by atoms with van der Waals surface area (Å²) in [6.45, 7) is 0. The van der Waals surface area contributed by atoms with E-state index in [4.69, 9.17) is 21.1 Å². The van der Waals surface area contributed by atoms with Crippen molar-refractivity contribution < 1.29 is 44.4 Å². The molecule has 0 aliphatic carbocycles. The lowest BCUT2D eigenvalue weighted by Crippen LogP contribution is -2.55. The predicted molar refractivity (Wildman–Crippen MR) is 100 cm³/mol. The number of carboxylic acid groups (broad SMARTS) is 3. The van der Waals surface area contributed by atoms with Gasteiger partial charge in [0.05, 0.1) is 12.5 Å². The molecule has 0 aliphatic heterocycles. The maximum atomic E-state index is 12.4. The number of phenolic OH excluding ortho intramolecular Hbond substituents is 1. The minimum absolute atomic E-state index is 0.0246. The number of nitrogens with one attached hydrogen (secondary N) is 2. The van der Waals surface area contributed by atoms with Crippen LogP contribution in [0.4, 0.5) is 0 Å². The Labute approximate surface area is 170 Å². The van der Waals surface area contributed by atoms with Crippen LogP contribution in [0.1, 0.15) is 24.8 Å². The number of rotatable bonds is 12. The molecule has 0 fully saturated rings. The van der Waals surface area contributed by atoms with E-state index in [1.807, 2.05) is 5.32 Å². The van der Waals surface area contributed by atoms with Gasteiger partial charge in [0, 0.05) is 6.42 Å². The molecule has 30 heavy (non-hydrogen) atoms. The van der Waals surface area contributed by atoms with Crippen molar-refractivity contribution in [2.24, 2.45) is 5.73 Å². The summed E-state index contributed by atoms with van der Waals surface area (Å²) in [7, 11) is 0. The quantitative estimate of drug-likeness (QED) is 0.209. The van der Waals surface area contributed by atoms with E-state index >= 15 is 0 Å². The van der Waals surface area contributed by atoms with Crippen molar-refractivity contribution in [3.63, 3.8) is 0 Å². The molecule has 2 amide bonds. The molecule has 0 saturated carbocycles. The molecule has 0 radical (unpaired) electrons. The second-order valence-electron chi connectivity index (χ2n) is 6.47. The molecular weight excluding hydrogens is 402 g/mol. The van der Waals surface area contributed by atoms with Crippen molar-refractivity contribution in [3.05, 3.63) is 29.8 Å². The number of carbonyl (C=O) groups excluding carboxylic acids is 2. The van der Waals surface area contributed by atoms with E-state index in [1.165, 1.54) is 12.1 Å². The first-order valence-corrected chi connectivity index (χ1v) is 8.80. The second kappa shape index (κ2) is 11.4. The van der Waals surface area contributed by atoms with Crippen LogP contribution in [0.5, 0.6) is 5.75 Å². The van der Waals surface area contributed by atoms with Crippen molar-refractivity contribution in [2.45, 2.75) is 43.8 Å². The first-order chi connectivity index (χ1) is 14.0. The Balaban J connectivity index is 2.84. The van der Waals surface area contributed by atoms with E-state index in [2.05, 4.69) is 5.32 Å². The van der Waals surface area contributed by atoms with Crippen LogP contribution < -0.4 is 16.4 Å². The fraction of sp³-hybridized carbons (Fsp3) is 0.389. The van der Waals surface area contributed by atoms with Crippen LogP contribution in [-0.4, -0.2) is 68.3 Å². The number of nitrogens with two attached hydrogens (primary N) is 1. The third-order valence-corrected chi connectivity index (χ3v) is 4.00. The standard InChI is InChI=1S/C18H23N3O9/c19-11(7-9-1-3-10(22)4-2-9)16(27)20-12(5-6-14(23)24)17(28)21-13(18(29)30)8-15(25)26/h1-4,11-13,22H,5-8,19H2,(H,20,27)(H,21,28)(H,23,24)(H,25,26)(H,29,30). The molecule has 8 N–H and O–H groups in total. The Morgan fingerprint density at radius 2 is 1.43 bits per heavy atom. The van der Waals surface area contributed by atoms with Crippen molar-refractivity contribution >= 4 is 29.7 Å². The predicted octanol–water partition coefficient (Wildman–Crippen LogP) is -1.34. The van der Waals surface area contributed by atoms with Gasteiger partial charge in [-0.1, -0.05) is 12.1 Å². The van der Waals surface area contributed by atoms with Crippen molar-refractivity contribution in [2.75, 3.05) is 0 Å². The highest BCUT2D eigenvalue weighted by atomic mass is 16.4. The largest absolute Gasteiger partial charge is 0.508 e. The normalized spacial score (nSPS) is 13.5. The molecule has 0 aliphatic rings. The van der Waals surface area contributed by atoms with Gasteiger partial charge in [0.25, 0.3) is 0 Å². The van der Waals surface area contributed by atoms with Crippen LogP contribution in [-0.2, 0) is 30.4 Å². The number of hydrogen-bond acceptors (Lipinski definition) is 7. The fourth-order valence-electron chi connectivity index (χ4n) is 2.44. The lowest BCUT2D eigenvalue weighted by atomic mass is 10.0. The summed E-state index contributed by atoms with van der Waals surface area (Å²) in [5.41, 5.74) is 6.43. The number of benzene rings is 1. The summed E-state index contributed by atoms with van der Waals surface area (Å²) in [5, 5.41) is 40.1. The molecule has 1 aromatic carbocycles. The summed E-state index contributed by atoms with van der Waals surface area (Å²) in [6.07, 6.45) is -1.72. The van der Waals surface area contributed by atoms with Gasteiger partial charge >= 0.3 is 17.9 Å². The fourth-order valence-corrected chi connectivity index (χ4v) is 2.44. The van der Waals surface area contributed by atoms with Gasteiger partial charge in [-0.25, -0.2) is 4.79 Å². The van der Waals surface area contributed by atoms with Gasteiger partial charge in [0.15, 0.2) is 0 Å². The molecule has 1 aromatic rings. The molecule has 164 valence electrons. The van der Waals surface area contributed by atoms with Gasteiger partial charge in [0.1, 0.15) is 17.8 Å². The average molecular weight is 425 g/mol. The van der Waals surface area contributed by atoms with E-state index < -0.39 is 60.7 Å². The van der Waals surface area contributed by atoms with E-state index in [0.29, 0.717) is 5.56 Å². The highest BCUT2D eigenvalue weighted by molar-refractivity contribution is 5.93. The van der Waals surface area contributed by atoms with Gasteiger partial charge in [-0.3, -0.25) is 19.2 Å². The summed E-state index contributed by atoms with van der Waals surface area (Å²) < 4.78 is 0. The summed E-state index contributed by atoms with van der Waals surface area (Å²) in [5.74, 6) is -6.14. The molecule has 0 spiro atoms. The Bertz CT molecular complexity index is 795. The van der Waals surface area contributed by atoms with Crippen LogP contribution in [0.25, 0.3) is 0 Å². The van der Waals surface area contributed by atoms with Crippen molar-refractivity contribution in [3.8, 4) is 5.75 Å². The van der Waals surface area contributed by atoms with E-state index in [0.717, 1.165) is 0 Å². The first kappa shape index (κ1) is 24.4. The number of aliphatic carboxylic acids is 3. The highest BCUT2D eigenvalue weighted by Gasteiger charge is 2.29. The number of amides is 2. The van der Waals surface area contributed by atoms with Gasteiger partial charge in [-0.15, -0.1) is 0 Å². The maximum Gasteiger partial charge on any atom is 0.326 e. The molecule has 1 rings (SSSR count). The molecule has 12 heteroatoms. The summed E-state index contributed by atoms with van der Waals surface area (Å²) in [6, 6.07) is 1.57. The number of carbonyl (C=O) groups is 5. The smallest absolute Gasteiger partial charge is 0.326 e. The Morgan fingerprint density at radius 3 is 1.93 bits per heavy atom. The van der Waals surface area contributed by atoms with E-state index in [-0.39, 0.29) is 18.6 Å². The number of aromatic hydroxyl groups is 1. The SMILES string of the molecule is NC(Cc1ccc(O)cc1)C(=O)NC(CCC(=O)O)C(=O)NC(CC(=O)O)C(=O)O. The van der Waals surface area contributed by atoms with Gasteiger partial charge in [0.2, 0.25) is 11.8 Å². The third kappa shape index (κ3) is 8.56. The van der Waals surface area contributed by atoms with Gasteiger partial charge < -0.3 is 36.8 Å². The first-order valence-electron chi connectivity index (χ1n) is 8.80. The Hall–Kier alpha value is -3.67. The van der Waals surface area contributed by atoms with E-state index in [9.17, 15) is 29.1 Å². The topological polar surface area (TPSA) is 216 Å². The second-order valence-corrected chi connectivity index (χ2v) is 6.47. The lowest BCUT2D eigenvalue weighted by molar-refractivity contribution is -0.147. The van der Waals surface area contributed by atoms with Gasteiger partial charge in [-0.05, 0) is 30.5 Å².